The van der Waals surface area contributed by atoms with Crippen molar-refractivity contribution in [1.82, 2.24) is 4.90 Å². The molecule has 43 heavy (non-hydrogen) atoms. The smallest absolute Gasteiger partial charge is 0.410 e. The highest BCUT2D eigenvalue weighted by Crippen LogP contribution is 2.41. The zero-order chi connectivity index (χ0) is 31.2. The van der Waals surface area contributed by atoms with Crippen LogP contribution in [-0.4, -0.2) is 74.9 Å². The van der Waals surface area contributed by atoms with Gasteiger partial charge in [-0.3, -0.25) is 4.79 Å². The van der Waals surface area contributed by atoms with Crippen molar-refractivity contribution in [2.24, 2.45) is 17.8 Å². The quantitative estimate of drug-likeness (QED) is 0.159. The predicted octanol–water partition coefficient (Wildman–Crippen LogP) is 4.99. The number of benzene rings is 2. The van der Waals surface area contributed by atoms with Crippen molar-refractivity contribution < 1.29 is 42.8 Å². The Morgan fingerprint density at radius 3 is 2.23 bits per heavy atom. The number of carbonyl (C=O) groups excluding carboxylic acids is 3. The summed E-state index contributed by atoms with van der Waals surface area (Å²) in [4.78, 5) is 38.8. The van der Waals surface area contributed by atoms with E-state index in [0.717, 1.165) is 11.1 Å². The fraction of sp³-hybridized carbons (Fsp3) is 0.545. The summed E-state index contributed by atoms with van der Waals surface area (Å²) in [5.41, 5.74) is 1.87. The molecule has 1 heterocycles. The van der Waals surface area contributed by atoms with E-state index in [9.17, 15) is 14.4 Å². The van der Waals surface area contributed by atoms with Crippen LogP contribution in [0.25, 0.3) is 0 Å². The van der Waals surface area contributed by atoms with E-state index >= 15 is 0 Å². The van der Waals surface area contributed by atoms with E-state index < -0.39 is 24.0 Å². The number of amides is 1. The van der Waals surface area contributed by atoms with Crippen LogP contribution < -0.4 is 0 Å². The van der Waals surface area contributed by atoms with Crippen LogP contribution in [0.2, 0.25) is 0 Å². The van der Waals surface area contributed by atoms with Crippen molar-refractivity contribution in [3.63, 3.8) is 0 Å². The predicted molar refractivity (Wildman–Crippen MR) is 159 cm³/mol. The fourth-order valence-corrected chi connectivity index (χ4v) is 5.12. The van der Waals surface area contributed by atoms with Crippen molar-refractivity contribution in [2.45, 2.75) is 59.2 Å². The maximum Gasteiger partial charge on any atom is 0.410 e. The van der Waals surface area contributed by atoms with Gasteiger partial charge in [0.15, 0.2) is 0 Å². The largest absolute Gasteiger partial charge is 0.465 e. The van der Waals surface area contributed by atoms with Crippen LogP contribution in [0.1, 0.15) is 45.2 Å². The van der Waals surface area contributed by atoms with E-state index in [1.165, 1.54) is 14.0 Å². The maximum atomic E-state index is 13.0. The van der Waals surface area contributed by atoms with Gasteiger partial charge >= 0.3 is 18.0 Å². The van der Waals surface area contributed by atoms with E-state index in [0.29, 0.717) is 19.5 Å². The van der Waals surface area contributed by atoms with E-state index in [-0.39, 0.29) is 56.8 Å². The van der Waals surface area contributed by atoms with Crippen LogP contribution in [0.4, 0.5) is 4.79 Å². The second-order valence-electron chi connectivity index (χ2n) is 11.1. The van der Waals surface area contributed by atoms with Gasteiger partial charge in [0.25, 0.3) is 5.79 Å². The Morgan fingerprint density at radius 2 is 1.60 bits per heavy atom. The average Bonchev–Trinajstić information content (AvgIpc) is 3.01. The molecule has 2 unspecified atom stereocenters. The summed E-state index contributed by atoms with van der Waals surface area (Å²) in [5.74, 6) is -2.58. The number of hydrogen-bond donors (Lipinski definition) is 0. The summed E-state index contributed by atoms with van der Waals surface area (Å²) in [5, 5.41) is 0. The molecule has 5 atom stereocenters. The summed E-state index contributed by atoms with van der Waals surface area (Å²) < 4.78 is 34.0. The van der Waals surface area contributed by atoms with Gasteiger partial charge in [0, 0.05) is 32.4 Å². The first kappa shape index (κ1) is 34.0. The third-order valence-electron chi connectivity index (χ3n) is 7.69. The lowest BCUT2D eigenvalue weighted by atomic mass is 9.78. The van der Waals surface area contributed by atoms with Crippen molar-refractivity contribution in [3.8, 4) is 0 Å². The minimum atomic E-state index is -1.60. The first-order valence-electron chi connectivity index (χ1n) is 14.8. The molecule has 3 rings (SSSR count). The van der Waals surface area contributed by atoms with E-state index in [1.54, 1.807) is 4.90 Å². The highest BCUT2D eigenvalue weighted by atomic mass is 16.7. The third kappa shape index (κ3) is 10.3. The number of hydrogen-bond acceptors (Lipinski definition) is 9. The van der Waals surface area contributed by atoms with Gasteiger partial charge in [-0.05, 0) is 23.0 Å². The van der Waals surface area contributed by atoms with Crippen LogP contribution >= 0.6 is 0 Å². The number of methoxy groups -OCH3 is 1. The Bertz CT molecular complexity index is 1150. The van der Waals surface area contributed by atoms with Gasteiger partial charge in [-0.1, -0.05) is 81.4 Å². The first-order chi connectivity index (χ1) is 20.6. The topological polar surface area (TPSA) is 110 Å². The van der Waals surface area contributed by atoms with Crippen molar-refractivity contribution in [1.29, 1.82) is 0 Å². The van der Waals surface area contributed by atoms with E-state index in [1.807, 2.05) is 74.5 Å². The van der Waals surface area contributed by atoms with E-state index in [2.05, 4.69) is 6.92 Å². The molecule has 0 saturated carbocycles. The summed E-state index contributed by atoms with van der Waals surface area (Å²) >= 11 is 0. The number of nitrogens with zero attached hydrogens (tertiary/aromatic N) is 1. The molecule has 0 bridgehead atoms. The standard InChI is InChI=1S/C33H45NO9/c1-24-20-33(31(36)38-5,43-30(26(24)3)25(2)22-40-27(4)35)42-19-18-39-17-16-34(21-28-12-8-6-9-13-28)32(37)41-23-29-14-10-7-11-15-29/h6-15,24-26,30H,16-23H2,1-5H3/t24?,25-,26-,30?,33-/m1/s1. The van der Waals surface area contributed by atoms with Crippen molar-refractivity contribution >= 4 is 18.0 Å². The van der Waals surface area contributed by atoms with Crippen LogP contribution in [0, 0.1) is 17.8 Å². The molecule has 0 radical (unpaired) electrons. The lowest BCUT2D eigenvalue weighted by Gasteiger charge is -2.46. The van der Waals surface area contributed by atoms with Gasteiger partial charge in [0.2, 0.25) is 0 Å². The number of carbonyl (C=O) groups is 3. The Hall–Kier alpha value is -3.47. The summed E-state index contributed by atoms with van der Waals surface area (Å²) in [6.07, 6.45) is -0.517. The van der Waals surface area contributed by atoms with Gasteiger partial charge in [-0.25, -0.2) is 9.59 Å². The first-order valence-corrected chi connectivity index (χ1v) is 14.8. The Morgan fingerprint density at radius 1 is 0.953 bits per heavy atom. The Balaban J connectivity index is 1.55. The molecule has 236 valence electrons. The molecular formula is C33H45NO9. The fourth-order valence-electron chi connectivity index (χ4n) is 5.12. The monoisotopic (exact) mass is 599 g/mol. The molecule has 1 fully saturated rings. The molecule has 10 heteroatoms. The second kappa shape index (κ2) is 17.0. The number of rotatable bonds is 15. The van der Waals surface area contributed by atoms with E-state index in [4.69, 9.17) is 28.4 Å². The molecule has 0 aromatic heterocycles. The zero-order valence-corrected chi connectivity index (χ0v) is 25.9. The molecule has 1 amide bonds. The van der Waals surface area contributed by atoms with Crippen molar-refractivity contribution in [3.05, 3.63) is 71.8 Å². The highest BCUT2D eigenvalue weighted by molar-refractivity contribution is 5.78. The number of esters is 2. The molecular weight excluding hydrogens is 554 g/mol. The molecule has 0 spiro atoms. The normalized spacial score (nSPS) is 22.3. The molecule has 2 aromatic carbocycles. The van der Waals surface area contributed by atoms with Gasteiger partial charge in [0.1, 0.15) is 6.61 Å². The Kier molecular flexibility index (Phi) is 13.4. The maximum absolute atomic E-state index is 13.0. The minimum absolute atomic E-state index is 0.0678. The van der Waals surface area contributed by atoms with Gasteiger partial charge in [0.05, 0.1) is 39.6 Å². The summed E-state index contributed by atoms with van der Waals surface area (Å²) in [6.45, 7) is 8.84. The molecule has 2 aromatic rings. The highest BCUT2D eigenvalue weighted by Gasteiger charge is 2.52. The molecule has 10 nitrogen and oxygen atoms in total. The average molecular weight is 600 g/mol. The minimum Gasteiger partial charge on any atom is -0.465 e. The SMILES string of the molecule is COC(=O)[C@@]1(OCCOCCN(Cc2ccccc2)C(=O)OCc2ccccc2)CC(C)[C@@H](C)C([C@H](C)COC(C)=O)O1. The Labute approximate surface area is 254 Å². The summed E-state index contributed by atoms with van der Waals surface area (Å²) in [7, 11) is 1.30. The third-order valence-corrected chi connectivity index (χ3v) is 7.69. The second-order valence-corrected chi connectivity index (χ2v) is 11.1. The molecule has 1 saturated heterocycles. The van der Waals surface area contributed by atoms with Gasteiger partial charge < -0.3 is 33.3 Å². The zero-order valence-electron chi connectivity index (χ0n) is 25.9. The van der Waals surface area contributed by atoms with Crippen LogP contribution in [0.5, 0.6) is 0 Å². The molecule has 0 N–H and O–H groups in total. The summed E-state index contributed by atoms with van der Waals surface area (Å²) in [6, 6.07) is 19.2. The lowest BCUT2D eigenvalue weighted by Crippen LogP contribution is -2.57. The van der Waals surface area contributed by atoms with Crippen LogP contribution in [0.15, 0.2) is 60.7 Å². The van der Waals surface area contributed by atoms with Gasteiger partial charge in [-0.15, -0.1) is 0 Å². The lowest BCUT2D eigenvalue weighted by molar-refractivity contribution is -0.305. The molecule has 1 aliphatic heterocycles. The number of ether oxygens (including phenoxy) is 6. The van der Waals surface area contributed by atoms with Crippen molar-refractivity contribution in [2.75, 3.05) is 40.1 Å². The molecule has 1 aliphatic rings. The van der Waals surface area contributed by atoms with Crippen LogP contribution in [-0.2, 0) is 51.2 Å². The van der Waals surface area contributed by atoms with Crippen LogP contribution in [0.3, 0.4) is 0 Å². The molecule has 0 aliphatic carbocycles. The van der Waals surface area contributed by atoms with Gasteiger partial charge in [-0.2, -0.15) is 0 Å².